The minimum absolute atomic E-state index is 0.129. The molecule has 0 radical (unpaired) electrons. The van der Waals surface area contributed by atoms with E-state index in [1.54, 1.807) is 18.2 Å². The molecule has 0 N–H and O–H groups in total. The van der Waals surface area contributed by atoms with Gasteiger partial charge in [-0.25, -0.2) is 8.78 Å². The average molecular weight is 325 g/mol. The first kappa shape index (κ1) is 13.9. The minimum Gasteiger partial charge on any atom is -0.294 e. The molecule has 0 saturated carbocycles. The number of carbonyl (C=O) groups is 1. The number of ketones is 1. The maximum absolute atomic E-state index is 13.3. The summed E-state index contributed by atoms with van der Waals surface area (Å²) in [4.78, 5) is 11.9. The fourth-order valence-electron chi connectivity index (χ4n) is 1.72. The second-order valence-electron chi connectivity index (χ2n) is 4.18. The summed E-state index contributed by atoms with van der Waals surface area (Å²) >= 11 is 3.04. The van der Waals surface area contributed by atoms with Gasteiger partial charge in [-0.3, -0.25) is 4.79 Å². The first-order valence-corrected chi connectivity index (χ1v) is 6.58. The van der Waals surface area contributed by atoms with E-state index >= 15 is 0 Å². The van der Waals surface area contributed by atoms with Gasteiger partial charge in [-0.1, -0.05) is 18.2 Å². The molecule has 0 aromatic heterocycles. The molecule has 0 saturated heterocycles. The van der Waals surface area contributed by atoms with E-state index in [9.17, 15) is 13.6 Å². The lowest BCUT2D eigenvalue weighted by Crippen LogP contribution is -2.02. The van der Waals surface area contributed by atoms with Gasteiger partial charge in [0.15, 0.2) is 5.78 Å². The Hall–Kier alpha value is -1.55. The van der Waals surface area contributed by atoms with E-state index in [0.717, 1.165) is 5.56 Å². The number of rotatable bonds is 4. The van der Waals surface area contributed by atoms with Crippen LogP contribution in [0.5, 0.6) is 0 Å². The summed E-state index contributed by atoms with van der Waals surface area (Å²) in [6.07, 6.45) is 0.781. The first-order chi connectivity index (χ1) is 9.06. The summed E-state index contributed by atoms with van der Waals surface area (Å²) in [7, 11) is 0. The van der Waals surface area contributed by atoms with E-state index in [1.165, 1.54) is 24.3 Å². The third kappa shape index (κ3) is 3.70. The number of aryl methyl sites for hydroxylation is 1. The molecular weight excluding hydrogens is 314 g/mol. The normalized spacial score (nSPS) is 10.5. The molecule has 0 heterocycles. The van der Waals surface area contributed by atoms with Gasteiger partial charge in [-0.15, -0.1) is 0 Å². The molecule has 2 rings (SSSR count). The topological polar surface area (TPSA) is 17.1 Å². The average Bonchev–Trinajstić information content (AvgIpc) is 2.41. The molecule has 0 bridgehead atoms. The molecular formula is C15H11BrF2O. The van der Waals surface area contributed by atoms with Crippen LogP contribution in [-0.2, 0) is 6.42 Å². The van der Waals surface area contributed by atoms with Gasteiger partial charge in [-0.05, 0) is 52.2 Å². The van der Waals surface area contributed by atoms with Gasteiger partial charge in [0.05, 0.1) is 4.47 Å². The van der Waals surface area contributed by atoms with Crippen molar-refractivity contribution >= 4 is 21.7 Å². The van der Waals surface area contributed by atoms with Crippen molar-refractivity contribution in [1.82, 2.24) is 0 Å². The van der Waals surface area contributed by atoms with Crippen molar-refractivity contribution in [2.24, 2.45) is 0 Å². The minimum atomic E-state index is -0.451. The lowest BCUT2D eigenvalue weighted by molar-refractivity contribution is 0.0982. The van der Waals surface area contributed by atoms with Crippen molar-refractivity contribution < 1.29 is 13.6 Å². The number of hydrogen-bond donors (Lipinski definition) is 0. The van der Waals surface area contributed by atoms with Crippen LogP contribution < -0.4 is 0 Å². The zero-order valence-electron chi connectivity index (χ0n) is 10.00. The third-order valence-corrected chi connectivity index (χ3v) is 3.44. The molecule has 0 atom stereocenters. The van der Waals surface area contributed by atoms with Crippen molar-refractivity contribution in [3.63, 3.8) is 0 Å². The molecule has 0 aliphatic heterocycles. The standard InChI is InChI=1S/C15H11BrF2O/c16-13-7-4-11(9-14(13)18)15(19)8-3-10-1-5-12(17)6-2-10/h1-2,4-7,9H,3,8H2. The van der Waals surface area contributed by atoms with Crippen LogP contribution in [0.2, 0.25) is 0 Å². The Morgan fingerprint density at radius 3 is 2.37 bits per heavy atom. The molecule has 2 aromatic rings. The summed E-state index contributed by atoms with van der Waals surface area (Å²) in [6, 6.07) is 10.3. The van der Waals surface area contributed by atoms with Crippen LogP contribution in [-0.4, -0.2) is 5.78 Å². The van der Waals surface area contributed by atoms with Crippen LogP contribution in [0.25, 0.3) is 0 Å². The summed E-state index contributed by atoms with van der Waals surface area (Å²) in [5.74, 6) is -0.881. The summed E-state index contributed by atoms with van der Waals surface area (Å²) in [5, 5.41) is 0. The number of carbonyl (C=O) groups excluding carboxylic acids is 1. The van der Waals surface area contributed by atoms with Crippen molar-refractivity contribution in [2.45, 2.75) is 12.8 Å². The summed E-state index contributed by atoms with van der Waals surface area (Å²) in [6.45, 7) is 0. The number of benzene rings is 2. The maximum Gasteiger partial charge on any atom is 0.163 e. The van der Waals surface area contributed by atoms with Crippen molar-refractivity contribution in [2.75, 3.05) is 0 Å². The van der Waals surface area contributed by atoms with Crippen LogP contribution in [0.15, 0.2) is 46.9 Å². The third-order valence-electron chi connectivity index (χ3n) is 2.80. The van der Waals surface area contributed by atoms with Gasteiger partial charge in [0.2, 0.25) is 0 Å². The van der Waals surface area contributed by atoms with Crippen LogP contribution >= 0.6 is 15.9 Å². The number of halogens is 3. The van der Waals surface area contributed by atoms with Gasteiger partial charge in [0.1, 0.15) is 11.6 Å². The van der Waals surface area contributed by atoms with Crippen LogP contribution in [0.1, 0.15) is 22.3 Å². The predicted molar refractivity (Wildman–Crippen MR) is 73.2 cm³/mol. The zero-order valence-corrected chi connectivity index (χ0v) is 11.6. The largest absolute Gasteiger partial charge is 0.294 e. The predicted octanol–water partition coefficient (Wildman–Crippen LogP) is 4.54. The molecule has 2 aromatic carbocycles. The number of Topliss-reactive ketones (excluding diaryl/α,β-unsaturated/α-hetero) is 1. The smallest absolute Gasteiger partial charge is 0.163 e. The van der Waals surface area contributed by atoms with Crippen LogP contribution in [0.4, 0.5) is 8.78 Å². The molecule has 0 unspecified atom stereocenters. The molecule has 0 amide bonds. The van der Waals surface area contributed by atoms with E-state index < -0.39 is 5.82 Å². The molecule has 0 fully saturated rings. The maximum atomic E-state index is 13.3. The second-order valence-corrected chi connectivity index (χ2v) is 5.03. The Labute approximate surface area is 118 Å². The monoisotopic (exact) mass is 324 g/mol. The van der Waals surface area contributed by atoms with Crippen LogP contribution in [0, 0.1) is 11.6 Å². The van der Waals surface area contributed by atoms with Crippen LogP contribution in [0.3, 0.4) is 0 Å². The van der Waals surface area contributed by atoms with E-state index in [0.29, 0.717) is 16.5 Å². The van der Waals surface area contributed by atoms with Gasteiger partial charge in [0.25, 0.3) is 0 Å². The van der Waals surface area contributed by atoms with E-state index in [1.807, 2.05) is 0 Å². The summed E-state index contributed by atoms with van der Waals surface area (Å²) < 4.78 is 26.4. The van der Waals surface area contributed by atoms with Gasteiger partial charge in [-0.2, -0.15) is 0 Å². The molecule has 1 nitrogen and oxygen atoms in total. The van der Waals surface area contributed by atoms with E-state index in [2.05, 4.69) is 15.9 Å². The second kappa shape index (κ2) is 6.06. The molecule has 19 heavy (non-hydrogen) atoms. The summed E-state index contributed by atoms with van der Waals surface area (Å²) in [5.41, 5.74) is 1.23. The Morgan fingerprint density at radius 2 is 1.74 bits per heavy atom. The highest BCUT2D eigenvalue weighted by molar-refractivity contribution is 9.10. The first-order valence-electron chi connectivity index (χ1n) is 5.79. The van der Waals surface area contributed by atoms with E-state index in [4.69, 9.17) is 0 Å². The molecule has 4 heteroatoms. The fraction of sp³-hybridized carbons (Fsp3) is 0.133. The van der Waals surface area contributed by atoms with Gasteiger partial charge >= 0.3 is 0 Å². The highest BCUT2D eigenvalue weighted by Crippen LogP contribution is 2.18. The molecule has 0 spiro atoms. The Balaban J connectivity index is 2.01. The molecule has 98 valence electrons. The Kier molecular flexibility index (Phi) is 4.43. The van der Waals surface area contributed by atoms with E-state index in [-0.39, 0.29) is 18.0 Å². The lowest BCUT2D eigenvalue weighted by atomic mass is 10.0. The van der Waals surface area contributed by atoms with Gasteiger partial charge in [0, 0.05) is 12.0 Å². The highest BCUT2D eigenvalue weighted by atomic mass is 79.9. The Morgan fingerprint density at radius 1 is 1.05 bits per heavy atom. The van der Waals surface area contributed by atoms with Crippen molar-refractivity contribution in [3.05, 3.63) is 69.7 Å². The Bertz CT molecular complexity index is 594. The number of hydrogen-bond acceptors (Lipinski definition) is 1. The van der Waals surface area contributed by atoms with Crippen molar-refractivity contribution in [1.29, 1.82) is 0 Å². The van der Waals surface area contributed by atoms with Crippen molar-refractivity contribution in [3.8, 4) is 0 Å². The highest BCUT2D eigenvalue weighted by Gasteiger charge is 2.09. The van der Waals surface area contributed by atoms with Gasteiger partial charge < -0.3 is 0 Å². The SMILES string of the molecule is O=C(CCc1ccc(F)cc1)c1ccc(Br)c(F)c1. The quantitative estimate of drug-likeness (QED) is 0.754. The fourth-order valence-corrected chi connectivity index (χ4v) is 1.97. The molecule has 0 aliphatic carbocycles. The molecule has 0 aliphatic rings. The lowest BCUT2D eigenvalue weighted by Gasteiger charge is -2.03. The zero-order chi connectivity index (χ0) is 13.8.